The van der Waals surface area contributed by atoms with Crippen molar-refractivity contribution >= 4 is 28.7 Å². The molecular formula is C15H15NOS. The van der Waals surface area contributed by atoms with Crippen LogP contribution >= 0.6 is 11.3 Å². The van der Waals surface area contributed by atoms with Crippen molar-refractivity contribution in [1.82, 2.24) is 0 Å². The summed E-state index contributed by atoms with van der Waals surface area (Å²) in [6.45, 7) is 3.88. The van der Waals surface area contributed by atoms with Crippen LogP contribution in [-0.2, 0) is 0 Å². The maximum Gasteiger partial charge on any atom is 0.0843 e. The zero-order chi connectivity index (χ0) is 13.0. The third-order valence-corrected chi connectivity index (χ3v) is 3.66. The molecule has 0 radical (unpaired) electrons. The van der Waals surface area contributed by atoms with Gasteiger partial charge in [0.25, 0.3) is 0 Å². The van der Waals surface area contributed by atoms with Crippen molar-refractivity contribution in [2.24, 2.45) is 5.16 Å². The summed E-state index contributed by atoms with van der Waals surface area (Å²) in [7, 11) is 0. The Morgan fingerprint density at radius 3 is 2.56 bits per heavy atom. The predicted molar refractivity (Wildman–Crippen MR) is 78.3 cm³/mol. The molecule has 0 unspecified atom stereocenters. The molecule has 92 valence electrons. The smallest absolute Gasteiger partial charge is 0.0843 e. The number of hydrogen-bond donors (Lipinski definition) is 1. The molecule has 0 saturated carbocycles. The predicted octanol–water partition coefficient (Wildman–Crippen LogP) is 4.45. The second kappa shape index (κ2) is 5.65. The molecular weight excluding hydrogens is 242 g/mol. The number of hydrogen-bond acceptors (Lipinski definition) is 3. The van der Waals surface area contributed by atoms with Gasteiger partial charge in [0, 0.05) is 10.5 Å². The quantitative estimate of drug-likeness (QED) is 0.492. The monoisotopic (exact) mass is 257 g/mol. The molecule has 0 saturated heterocycles. The fraction of sp³-hybridized carbons (Fsp3) is 0.133. The van der Waals surface area contributed by atoms with Gasteiger partial charge in [-0.3, -0.25) is 0 Å². The Bertz CT molecular complexity index is 582. The summed E-state index contributed by atoms with van der Waals surface area (Å²) in [5, 5.41) is 14.4. The molecule has 1 heterocycles. The van der Waals surface area contributed by atoms with Gasteiger partial charge in [0.05, 0.1) is 5.71 Å². The molecule has 0 aliphatic carbocycles. The summed E-state index contributed by atoms with van der Waals surface area (Å²) in [6, 6.07) is 12.1. The number of rotatable bonds is 3. The van der Waals surface area contributed by atoms with Crippen molar-refractivity contribution in [3.05, 3.63) is 57.8 Å². The number of allylic oxidation sites excluding steroid dienone is 1. The summed E-state index contributed by atoms with van der Waals surface area (Å²) in [5.74, 6) is 0. The minimum Gasteiger partial charge on any atom is -0.411 e. The zero-order valence-electron chi connectivity index (χ0n) is 10.4. The third-order valence-electron chi connectivity index (χ3n) is 2.66. The van der Waals surface area contributed by atoms with Gasteiger partial charge in [0.1, 0.15) is 0 Å². The first-order chi connectivity index (χ1) is 8.70. The van der Waals surface area contributed by atoms with E-state index in [0.717, 1.165) is 16.0 Å². The molecule has 0 bridgehead atoms. The fourth-order valence-electron chi connectivity index (χ4n) is 1.74. The SMILES string of the molecule is CC(=NO)C(=Cc1cc(C)cs1)c1ccccc1. The number of thiophene rings is 1. The van der Waals surface area contributed by atoms with Crippen LogP contribution in [0.1, 0.15) is 22.9 Å². The highest BCUT2D eigenvalue weighted by molar-refractivity contribution is 7.11. The Hall–Kier alpha value is -1.87. The first-order valence-corrected chi connectivity index (χ1v) is 6.60. The number of benzene rings is 1. The van der Waals surface area contributed by atoms with Crippen LogP contribution in [0.5, 0.6) is 0 Å². The van der Waals surface area contributed by atoms with E-state index >= 15 is 0 Å². The highest BCUT2D eigenvalue weighted by atomic mass is 32.1. The molecule has 0 atom stereocenters. The lowest BCUT2D eigenvalue weighted by Crippen LogP contribution is -1.96. The van der Waals surface area contributed by atoms with Crippen molar-refractivity contribution in [1.29, 1.82) is 0 Å². The van der Waals surface area contributed by atoms with Gasteiger partial charge in [-0.05, 0) is 42.5 Å². The van der Waals surface area contributed by atoms with Gasteiger partial charge in [-0.1, -0.05) is 35.5 Å². The molecule has 0 aliphatic heterocycles. The van der Waals surface area contributed by atoms with E-state index in [0.29, 0.717) is 5.71 Å². The first-order valence-electron chi connectivity index (χ1n) is 5.72. The van der Waals surface area contributed by atoms with Crippen molar-refractivity contribution in [3.8, 4) is 0 Å². The highest BCUT2D eigenvalue weighted by Gasteiger charge is 2.06. The van der Waals surface area contributed by atoms with Crippen LogP contribution < -0.4 is 0 Å². The van der Waals surface area contributed by atoms with Gasteiger partial charge in [0.2, 0.25) is 0 Å². The zero-order valence-corrected chi connectivity index (χ0v) is 11.2. The first kappa shape index (κ1) is 12.6. The van der Waals surface area contributed by atoms with Gasteiger partial charge < -0.3 is 5.21 Å². The summed E-state index contributed by atoms with van der Waals surface area (Å²) < 4.78 is 0. The molecule has 2 nitrogen and oxygen atoms in total. The van der Waals surface area contributed by atoms with Gasteiger partial charge in [-0.25, -0.2) is 0 Å². The number of aryl methyl sites for hydroxylation is 1. The van der Waals surface area contributed by atoms with E-state index in [1.54, 1.807) is 18.3 Å². The molecule has 2 rings (SSSR count). The Kier molecular flexibility index (Phi) is 3.95. The topological polar surface area (TPSA) is 32.6 Å². The average molecular weight is 257 g/mol. The minimum atomic E-state index is 0.618. The van der Waals surface area contributed by atoms with Gasteiger partial charge in [-0.15, -0.1) is 11.3 Å². The minimum absolute atomic E-state index is 0.618. The molecule has 2 aromatic rings. The van der Waals surface area contributed by atoms with Crippen LogP contribution in [0.4, 0.5) is 0 Å². The number of nitrogens with zero attached hydrogens (tertiary/aromatic N) is 1. The molecule has 1 aromatic heterocycles. The summed E-state index contributed by atoms with van der Waals surface area (Å²) in [5.41, 5.74) is 3.86. The molecule has 1 N–H and O–H groups in total. The maximum atomic E-state index is 9.00. The van der Waals surface area contributed by atoms with Crippen LogP contribution in [0, 0.1) is 6.92 Å². The molecule has 1 aromatic carbocycles. The van der Waals surface area contributed by atoms with Crippen molar-refractivity contribution < 1.29 is 5.21 Å². The summed E-state index contributed by atoms with van der Waals surface area (Å²) >= 11 is 1.69. The molecule has 0 aliphatic rings. The molecule has 0 fully saturated rings. The van der Waals surface area contributed by atoms with E-state index in [4.69, 9.17) is 5.21 Å². The van der Waals surface area contributed by atoms with Crippen LogP contribution in [0.2, 0.25) is 0 Å². The number of oxime groups is 1. The van der Waals surface area contributed by atoms with Crippen molar-refractivity contribution in [3.63, 3.8) is 0 Å². The molecule has 3 heteroatoms. The van der Waals surface area contributed by atoms with E-state index < -0.39 is 0 Å². The summed E-state index contributed by atoms with van der Waals surface area (Å²) in [6.07, 6.45) is 2.06. The lowest BCUT2D eigenvalue weighted by Gasteiger charge is -2.05. The summed E-state index contributed by atoms with van der Waals surface area (Å²) in [4.78, 5) is 1.16. The third kappa shape index (κ3) is 2.87. The van der Waals surface area contributed by atoms with Gasteiger partial charge in [0.15, 0.2) is 0 Å². The van der Waals surface area contributed by atoms with Gasteiger partial charge in [-0.2, -0.15) is 0 Å². The normalized spacial score (nSPS) is 12.8. The second-order valence-corrected chi connectivity index (χ2v) is 5.08. The highest BCUT2D eigenvalue weighted by Crippen LogP contribution is 2.23. The molecule has 18 heavy (non-hydrogen) atoms. The Balaban J connectivity index is 2.47. The Morgan fingerprint density at radius 1 is 1.28 bits per heavy atom. The average Bonchev–Trinajstić information content (AvgIpc) is 2.82. The molecule has 0 spiro atoms. The van der Waals surface area contributed by atoms with Crippen LogP contribution in [-0.4, -0.2) is 10.9 Å². The second-order valence-electron chi connectivity index (χ2n) is 4.14. The lowest BCUT2D eigenvalue weighted by molar-refractivity contribution is 0.319. The van der Waals surface area contributed by atoms with Crippen molar-refractivity contribution in [2.45, 2.75) is 13.8 Å². The van der Waals surface area contributed by atoms with Crippen molar-refractivity contribution in [2.75, 3.05) is 0 Å². The van der Waals surface area contributed by atoms with E-state index in [1.165, 1.54) is 5.56 Å². The maximum absolute atomic E-state index is 9.00. The van der Waals surface area contributed by atoms with E-state index in [1.807, 2.05) is 30.3 Å². The van der Waals surface area contributed by atoms with E-state index in [2.05, 4.69) is 29.6 Å². The van der Waals surface area contributed by atoms with Gasteiger partial charge >= 0.3 is 0 Å². The standard InChI is InChI=1S/C15H15NOS/c1-11-8-14(18-10-11)9-15(12(2)16-17)13-6-4-3-5-7-13/h3-10,17H,1-2H3. The Labute approximate surface area is 111 Å². The van der Waals surface area contributed by atoms with E-state index in [-0.39, 0.29) is 0 Å². The lowest BCUT2D eigenvalue weighted by atomic mass is 10.0. The largest absolute Gasteiger partial charge is 0.411 e. The Morgan fingerprint density at radius 2 is 2.00 bits per heavy atom. The van der Waals surface area contributed by atoms with Crippen LogP contribution in [0.15, 0.2) is 46.9 Å². The van der Waals surface area contributed by atoms with Crippen LogP contribution in [0.3, 0.4) is 0 Å². The molecule has 0 amide bonds. The van der Waals surface area contributed by atoms with E-state index in [9.17, 15) is 0 Å². The fourth-order valence-corrected chi connectivity index (χ4v) is 2.57. The van der Waals surface area contributed by atoms with Crippen LogP contribution in [0.25, 0.3) is 11.6 Å².